The van der Waals surface area contributed by atoms with Crippen LogP contribution in [0.25, 0.3) is 10.9 Å². The SMILES string of the molecule is Cn1ccc2cc(C(O)CNC(=O)c3ccc(C(F)(F)F)cc3)ccc21. The number of hydrogen-bond acceptors (Lipinski definition) is 2. The van der Waals surface area contributed by atoms with Crippen LogP contribution in [0.4, 0.5) is 13.2 Å². The van der Waals surface area contributed by atoms with Gasteiger partial charge < -0.3 is 15.0 Å². The number of hydrogen-bond donors (Lipinski definition) is 2. The third kappa shape index (κ3) is 3.72. The molecule has 0 aliphatic carbocycles. The lowest BCUT2D eigenvalue weighted by Gasteiger charge is -2.13. The second-order valence-corrected chi connectivity index (χ2v) is 6.05. The lowest BCUT2D eigenvalue weighted by molar-refractivity contribution is -0.137. The molecule has 1 unspecified atom stereocenters. The predicted octanol–water partition coefficient (Wildman–Crippen LogP) is 3.66. The fraction of sp³-hybridized carbons (Fsp3) is 0.211. The Morgan fingerprint density at radius 2 is 1.85 bits per heavy atom. The maximum atomic E-state index is 12.5. The highest BCUT2D eigenvalue weighted by atomic mass is 19.4. The average molecular weight is 362 g/mol. The van der Waals surface area contributed by atoms with E-state index in [0.717, 1.165) is 35.2 Å². The second-order valence-electron chi connectivity index (χ2n) is 6.05. The fourth-order valence-electron chi connectivity index (χ4n) is 2.73. The van der Waals surface area contributed by atoms with Crippen LogP contribution in [0, 0.1) is 0 Å². The molecule has 0 saturated heterocycles. The minimum atomic E-state index is -4.44. The Kier molecular flexibility index (Phi) is 4.73. The van der Waals surface area contributed by atoms with E-state index in [4.69, 9.17) is 0 Å². The van der Waals surface area contributed by atoms with Crippen molar-refractivity contribution in [3.63, 3.8) is 0 Å². The number of halogens is 3. The molecule has 136 valence electrons. The van der Waals surface area contributed by atoms with Crippen LogP contribution in [0.2, 0.25) is 0 Å². The van der Waals surface area contributed by atoms with Gasteiger partial charge in [0.1, 0.15) is 0 Å². The van der Waals surface area contributed by atoms with E-state index >= 15 is 0 Å². The summed E-state index contributed by atoms with van der Waals surface area (Å²) in [4.78, 5) is 12.1. The molecule has 1 heterocycles. The maximum absolute atomic E-state index is 12.5. The molecule has 4 nitrogen and oxygen atoms in total. The standard InChI is InChI=1S/C19H17F3N2O2/c1-24-9-8-13-10-14(4-7-16(13)24)17(25)11-23-18(26)12-2-5-15(6-3-12)19(20,21)22/h2-10,17,25H,11H2,1H3,(H,23,26). The highest BCUT2D eigenvalue weighted by Gasteiger charge is 2.30. The fourth-order valence-corrected chi connectivity index (χ4v) is 2.73. The highest BCUT2D eigenvalue weighted by molar-refractivity contribution is 5.94. The third-order valence-corrected chi connectivity index (χ3v) is 4.22. The average Bonchev–Trinajstić information content (AvgIpc) is 2.99. The number of alkyl halides is 3. The van der Waals surface area contributed by atoms with Gasteiger partial charge in [-0.3, -0.25) is 4.79 Å². The molecule has 1 aromatic heterocycles. The van der Waals surface area contributed by atoms with Gasteiger partial charge in [-0.1, -0.05) is 6.07 Å². The lowest BCUT2D eigenvalue weighted by atomic mass is 10.1. The minimum Gasteiger partial charge on any atom is -0.387 e. The van der Waals surface area contributed by atoms with Gasteiger partial charge in [-0.15, -0.1) is 0 Å². The van der Waals surface area contributed by atoms with Gasteiger partial charge in [0.05, 0.1) is 11.7 Å². The number of nitrogens with zero attached hydrogens (tertiary/aromatic N) is 1. The van der Waals surface area contributed by atoms with Crippen molar-refractivity contribution in [2.24, 2.45) is 7.05 Å². The van der Waals surface area contributed by atoms with E-state index in [2.05, 4.69) is 5.32 Å². The largest absolute Gasteiger partial charge is 0.416 e. The van der Waals surface area contributed by atoms with E-state index in [9.17, 15) is 23.1 Å². The second kappa shape index (κ2) is 6.84. The summed E-state index contributed by atoms with van der Waals surface area (Å²) >= 11 is 0. The smallest absolute Gasteiger partial charge is 0.387 e. The molecular formula is C19H17F3N2O2. The van der Waals surface area contributed by atoms with Gasteiger partial charge in [0.15, 0.2) is 0 Å². The van der Waals surface area contributed by atoms with Crippen molar-refractivity contribution in [2.75, 3.05) is 6.54 Å². The van der Waals surface area contributed by atoms with Gasteiger partial charge in [-0.2, -0.15) is 13.2 Å². The van der Waals surface area contributed by atoms with Crippen LogP contribution in [0.15, 0.2) is 54.7 Å². The molecule has 0 fully saturated rings. The number of aryl methyl sites for hydroxylation is 1. The van der Waals surface area contributed by atoms with E-state index in [1.165, 1.54) is 0 Å². The number of amides is 1. The first-order valence-corrected chi connectivity index (χ1v) is 7.94. The molecule has 0 aliphatic heterocycles. The number of rotatable bonds is 4. The normalized spacial score (nSPS) is 13.0. The van der Waals surface area contributed by atoms with E-state index in [1.54, 1.807) is 6.07 Å². The number of fused-ring (bicyclic) bond motifs is 1. The topological polar surface area (TPSA) is 54.3 Å². The maximum Gasteiger partial charge on any atom is 0.416 e. The molecule has 0 saturated carbocycles. The number of aliphatic hydroxyl groups is 1. The summed E-state index contributed by atoms with van der Waals surface area (Å²) in [7, 11) is 1.92. The zero-order valence-corrected chi connectivity index (χ0v) is 13.9. The van der Waals surface area contributed by atoms with Crippen molar-refractivity contribution >= 4 is 16.8 Å². The Labute approximate surface area is 147 Å². The van der Waals surface area contributed by atoms with Crippen LogP contribution in [0.5, 0.6) is 0 Å². The lowest BCUT2D eigenvalue weighted by Crippen LogP contribution is -2.28. The Bertz CT molecular complexity index is 930. The zero-order chi connectivity index (χ0) is 18.9. The van der Waals surface area contributed by atoms with Gasteiger partial charge in [-0.25, -0.2) is 0 Å². The molecule has 1 amide bonds. The number of nitrogens with one attached hydrogen (secondary N) is 1. The quantitative estimate of drug-likeness (QED) is 0.744. The first-order valence-electron chi connectivity index (χ1n) is 7.94. The Balaban J connectivity index is 1.64. The number of aromatic nitrogens is 1. The molecular weight excluding hydrogens is 345 g/mol. The first kappa shape index (κ1) is 18.0. The van der Waals surface area contributed by atoms with Crippen LogP contribution >= 0.6 is 0 Å². The Morgan fingerprint density at radius 3 is 2.50 bits per heavy atom. The van der Waals surface area contributed by atoms with Crippen LogP contribution in [0.1, 0.15) is 27.6 Å². The number of carbonyl (C=O) groups excluding carboxylic acids is 1. The van der Waals surface area contributed by atoms with Crippen molar-refractivity contribution in [1.82, 2.24) is 9.88 Å². The monoisotopic (exact) mass is 362 g/mol. The highest BCUT2D eigenvalue weighted by Crippen LogP contribution is 2.29. The minimum absolute atomic E-state index is 0.0435. The molecule has 7 heteroatoms. The van der Waals surface area contributed by atoms with Gasteiger partial charge >= 0.3 is 6.18 Å². The summed E-state index contributed by atoms with van der Waals surface area (Å²) in [6, 6.07) is 11.4. The van der Waals surface area contributed by atoms with Crippen molar-refractivity contribution in [1.29, 1.82) is 0 Å². The van der Waals surface area contributed by atoms with Crippen molar-refractivity contribution in [3.05, 3.63) is 71.4 Å². The summed E-state index contributed by atoms with van der Waals surface area (Å²) in [5, 5.41) is 13.8. The van der Waals surface area contributed by atoms with E-state index in [1.807, 2.05) is 36.0 Å². The molecule has 3 rings (SSSR count). The van der Waals surface area contributed by atoms with E-state index in [-0.39, 0.29) is 12.1 Å². The van der Waals surface area contributed by atoms with Crippen LogP contribution < -0.4 is 5.32 Å². The summed E-state index contributed by atoms with van der Waals surface area (Å²) in [6.45, 7) is -0.0435. The van der Waals surface area contributed by atoms with Gasteiger partial charge in [0.2, 0.25) is 0 Å². The number of benzene rings is 2. The molecule has 0 aliphatic rings. The summed E-state index contributed by atoms with van der Waals surface area (Å²) in [6.07, 6.45) is -3.45. The number of carbonyl (C=O) groups is 1. The Hall–Kier alpha value is -2.80. The molecule has 3 aromatic rings. The summed E-state index contributed by atoms with van der Waals surface area (Å²) in [5.41, 5.74) is 0.958. The predicted molar refractivity (Wildman–Crippen MR) is 91.7 cm³/mol. The third-order valence-electron chi connectivity index (χ3n) is 4.22. The molecule has 26 heavy (non-hydrogen) atoms. The Morgan fingerprint density at radius 1 is 1.15 bits per heavy atom. The first-order chi connectivity index (χ1) is 12.3. The summed E-state index contributed by atoms with van der Waals surface area (Å²) in [5.74, 6) is -0.543. The molecule has 2 aromatic carbocycles. The van der Waals surface area contributed by atoms with Gasteiger partial charge in [0, 0.05) is 30.9 Å². The molecule has 1 atom stereocenters. The molecule has 0 bridgehead atoms. The van der Waals surface area contributed by atoms with Crippen LogP contribution in [-0.2, 0) is 13.2 Å². The van der Waals surface area contributed by atoms with Crippen LogP contribution in [-0.4, -0.2) is 22.1 Å². The molecule has 2 N–H and O–H groups in total. The van der Waals surface area contributed by atoms with E-state index in [0.29, 0.717) is 5.56 Å². The zero-order valence-electron chi connectivity index (χ0n) is 13.9. The van der Waals surface area contributed by atoms with Crippen molar-refractivity contribution in [2.45, 2.75) is 12.3 Å². The number of aliphatic hydroxyl groups excluding tert-OH is 1. The van der Waals surface area contributed by atoms with Crippen molar-refractivity contribution < 1.29 is 23.1 Å². The van der Waals surface area contributed by atoms with Gasteiger partial charge in [0.25, 0.3) is 5.91 Å². The van der Waals surface area contributed by atoms with Crippen molar-refractivity contribution in [3.8, 4) is 0 Å². The molecule has 0 spiro atoms. The van der Waals surface area contributed by atoms with E-state index < -0.39 is 23.8 Å². The van der Waals surface area contributed by atoms with Crippen LogP contribution in [0.3, 0.4) is 0 Å². The van der Waals surface area contributed by atoms with Gasteiger partial charge in [-0.05, 0) is 53.4 Å². The molecule has 0 radical (unpaired) electrons. The summed E-state index contributed by atoms with van der Waals surface area (Å²) < 4.78 is 39.6.